The number of piperidine rings is 1. The number of benzene rings is 2. The van der Waals surface area contributed by atoms with Crippen LogP contribution in [0.1, 0.15) is 12.8 Å². The fraction of sp³-hybridized carbons (Fsp3) is 0.389. The molecule has 1 amide bonds. The molecule has 0 atom stereocenters. The lowest BCUT2D eigenvalue weighted by atomic mass is 10.1. The molecule has 2 aromatic carbocycles. The summed E-state index contributed by atoms with van der Waals surface area (Å²) in [6, 6.07) is 12.5. The molecule has 0 spiro atoms. The van der Waals surface area contributed by atoms with Crippen molar-refractivity contribution >= 4 is 45.0 Å². The average molecular weight is 414 g/mol. The summed E-state index contributed by atoms with van der Waals surface area (Å²) in [5.74, 6) is 0.800. The number of amides is 1. The Hall–Kier alpha value is -1.30. The van der Waals surface area contributed by atoms with Crippen LogP contribution in [0, 0.1) is 0 Å². The van der Waals surface area contributed by atoms with E-state index in [0.29, 0.717) is 6.04 Å². The van der Waals surface area contributed by atoms with Crippen molar-refractivity contribution in [2.75, 3.05) is 26.7 Å². The Balaban J connectivity index is 0.00000208. The molecule has 0 radical (unpaired) electrons. The minimum atomic E-state index is 0. The molecule has 1 heterocycles. The Labute approximate surface area is 157 Å². The van der Waals surface area contributed by atoms with Crippen molar-refractivity contribution < 1.29 is 9.53 Å². The third kappa shape index (κ3) is 4.62. The topological polar surface area (TPSA) is 41.6 Å². The maximum Gasteiger partial charge on any atom is 0.260 e. The number of hydrogen-bond donors (Lipinski definition) is 1. The van der Waals surface area contributed by atoms with Gasteiger partial charge >= 0.3 is 0 Å². The monoisotopic (exact) mass is 412 g/mol. The number of nitrogens with zero attached hydrogens (tertiary/aromatic N) is 1. The third-order valence-corrected chi connectivity index (χ3v) is 4.89. The highest BCUT2D eigenvalue weighted by Crippen LogP contribution is 2.24. The largest absolute Gasteiger partial charge is 0.484 e. The first-order valence-electron chi connectivity index (χ1n) is 7.93. The fourth-order valence-electron chi connectivity index (χ4n) is 2.94. The molecule has 3 rings (SSSR count). The Kier molecular flexibility index (Phi) is 6.90. The molecule has 6 heteroatoms. The van der Waals surface area contributed by atoms with Gasteiger partial charge in [0, 0.05) is 23.6 Å². The zero-order valence-corrected chi connectivity index (χ0v) is 16.0. The van der Waals surface area contributed by atoms with Crippen LogP contribution in [0.25, 0.3) is 10.8 Å². The van der Waals surface area contributed by atoms with E-state index in [2.05, 4.69) is 27.3 Å². The summed E-state index contributed by atoms with van der Waals surface area (Å²) in [7, 11) is 1.98. The number of ether oxygens (including phenoxy) is 1. The van der Waals surface area contributed by atoms with Crippen molar-refractivity contribution in [3.63, 3.8) is 0 Å². The van der Waals surface area contributed by atoms with Gasteiger partial charge in [0.05, 0.1) is 0 Å². The van der Waals surface area contributed by atoms with E-state index in [4.69, 9.17) is 4.74 Å². The van der Waals surface area contributed by atoms with Crippen molar-refractivity contribution in [3.05, 3.63) is 40.9 Å². The third-order valence-electron chi connectivity index (χ3n) is 4.39. The van der Waals surface area contributed by atoms with Crippen LogP contribution in [0.3, 0.4) is 0 Å². The van der Waals surface area contributed by atoms with E-state index in [9.17, 15) is 4.79 Å². The standard InChI is InChI=1S/C18H21BrN2O2.ClH/c1-20-16-6-8-21(9-7-16)18(22)12-23-17-5-3-13-10-15(19)4-2-14(13)11-17;/h2-5,10-11,16,20H,6-9,12H2,1H3;1H. The van der Waals surface area contributed by atoms with E-state index in [1.165, 1.54) is 0 Å². The summed E-state index contributed by atoms with van der Waals surface area (Å²) in [4.78, 5) is 14.1. The van der Waals surface area contributed by atoms with Crippen molar-refractivity contribution in [1.82, 2.24) is 10.2 Å². The van der Waals surface area contributed by atoms with Crippen molar-refractivity contribution in [2.24, 2.45) is 0 Å². The van der Waals surface area contributed by atoms with Gasteiger partial charge < -0.3 is 15.0 Å². The number of nitrogens with one attached hydrogen (secondary N) is 1. The van der Waals surface area contributed by atoms with Gasteiger partial charge in [0.2, 0.25) is 0 Å². The van der Waals surface area contributed by atoms with Crippen LogP contribution >= 0.6 is 28.3 Å². The average Bonchev–Trinajstić information content (AvgIpc) is 2.59. The molecular formula is C18H22BrClN2O2. The summed E-state index contributed by atoms with van der Waals surface area (Å²) in [6.07, 6.45) is 2.01. The quantitative estimate of drug-likeness (QED) is 0.832. The molecular weight excluding hydrogens is 392 g/mol. The summed E-state index contributed by atoms with van der Waals surface area (Å²) < 4.78 is 6.75. The first-order valence-corrected chi connectivity index (χ1v) is 8.72. The van der Waals surface area contributed by atoms with E-state index >= 15 is 0 Å². The van der Waals surface area contributed by atoms with Crippen LogP contribution < -0.4 is 10.1 Å². The van der Waals surface area contributed by atoms with Crippen molar-refractivity contribution in [3.8, 4) is 5.75 Å². The van der Waals surface area contributed by atoms with E-state index < -0.39 is 0 Å². The molecule has 0 aromatic heterocycles. The Morgan fingerprint density at radius 3 is 2.58 bits per heavy atom. The number of hydrogen-bond acceptors (Lipinski definition) is 3. The molecule has 2 aromatic rings. The Morgan fingerprint density at radius 2 is 1.88 bits per heavy atom. The molecule has 1 aliphatic heterocycles. The van der Waals surface area contributed by atoms with E-state index in [0.717, 1.165) is 46.9 Å². The second kappa shape index (κ2) is 8.70. The van der Waals surface area contributed by atoms with Gasteiger partial charge in [-0.25, -0.2) is 0 Å². The lowest BCUT2D eigenvalue weighted by Gasteiger charge is -2.31. The highest BCUT2D eigenvalue weighted by Gasteiger charge is 2.21. The number of carbonyl (C=O) groups excluding carboxylic acids is 1. The predicted octanol–water partition coefficient (Wildman–Crippen LogP) is 3.61. The minimum absolute atomic E-state index is 0. The molecule has 1 N–H and O–H groups in total. The van der Waals surface area contributed by atoms with Gasteiger partial charge in [-0.05, 0) is 54.9 Å². The Morgan fingerprint density at radius 1 is 1.21 bits per heavy atom. The molecule has 1 fully saturated rings. The summed E-state index contributed by atoms with van der Waals surface area (Å²) in [5, 5.41) is 5.52. The molecule has 1 aliphatic rings. The summed E-state index contributed by atoms with van der Waals surface area (Å²) in [6.45, 7) is 1.71. The maximum absolute atomic E-state index is 12.2. The first kappa shape index (κ1) is 19.0. The van der Waals surface area contributed by atoms with E-state index in [1.807, 2.05) is 42.3 Å². The molecule has 0 unspecified atom stereocenters. The predicted molar refractivity (Wildman–Crippen MR) is 103 cm³/mol. The van der Waals surface area contributed by atoms with Gasteiger partial charge in [-0.2, -0.15) is 0 Å². The minimum Gasteiger partial charge on any atom is -0.484 e. The number of carbonyl (C=O) groups is 1. The fourth-order valence-corrected chi connectivity index (χ4v) is 3.32. The van der Waals surface area contributed by atoms with Gasteiger partial charge in [0.15, 0.2) is 6.61 Å². The second-order valence-electron chi connectivity index (χ2n) is 5.89. The van der Waals surface area contributed by atoms with Gasteiger partial charge in [-0.1, -0.05) is 28.1 Å². The van der Waals surface area contributed by atoms with Gasteiger partial charge in [0.25, 0.3) is 5.91 Å². The first-order chi connectivity index (χ1) is 11.2. The molecule has 4 nitrogen and oxygen atoms in total. The van der Waals surface area contributed by atoms with Crippen LogP contribution in [0.15, 0.2) is 40.9 Å². The van der Waals surface area contributed by atoms with Crippen LogP contribution in [-0.2, 0) is 4.79 Å². The zero-order chi connectivity index (χ0) is 16.2. The van der Waals surface area contributed by atoms with Crippen LogP contribution in [0.4, 0.5) is 0 Å². The Bertz CT molecular complexity index is 702. The summed E-state index contributed by atoms with van der Waals surface area (Å²) in [5.41, 5.74) is 0. The van der Waals surface area contributed by atoms with E-state index in [1.54, 1.807) is 0 Å². The van der Waals surface area contributed by atoms with Gasteiger partial charge in [-0.15, -0.1) is 12.4 Å². The zero-order valence-electron chi connectivity index (χ0n) is 13.6. The molecule has 24 heavy (non-hydrogen) atoms. The molecule has 1 saturated heterocycles. The van der Waals surface area contributed by atoms with E-state index in [-0.39, 0.29) is 24.9 Å². The number of likely N-dealkylation sites (tertiary alicyclic amines) is 1. The SMILES string of the molecule is CNC1CCN(C(=O)COc2ccc3cc(Br)ccc3c2)CC1.Cl. The highest BCUT2D eigenvalue weighted by molar-refractivity contribution is 9.10. The van der Waals surface area contributed by atoms with Crippen LogP contribution in [0.2, 0.25) is 0 Å². The number of rotatable bonds is 4. The normalized spacial score (nSPS) is 15.2. The lowest BCUT2D eigenvalue weighted by molar-refractivity contribution is -0.134. The molecule has 0 saturated carbocycles. The van der Waals surface area contributed by atoms with Gasteiger partial charge in [0.1, 0.15) is 5.75 Å². The van der Waals surface area contributed by atoms with Crippen LogP contribution in [0.5, 0.6) is 5.75 Å². The molecule has 0 aliphatic carbocycles. The molecule has 0 bridgehead atoms. The molecule has 130 valence electrons. The smallest absolute Gasteiger partial charge is 0.260 e. The second-order valence-corrected chi connectivity index (χ2v) is 6.80. The maximum atomic E-state index is 12.2. The highest BCUT2D eigenvalue weighted by atomic mass is 79.9. The summed E-state index contributed by atoms with van der Waals surface area (Å²) >= 11 is 3.47. The van der Waals surface area contributed by atoms with Crippen LogP contribution in [-0.4, -0.2) is 43.6 Å². The van der Waals surface area contributed by atoms with Gasteiger partial charge in [-0.3, -0.25) is 4.79 Å². The number of fused-ring (bicyclic) bond motifs is 1. The lowest BCUT2D eigenvalue weighted by Crippen LogP contribution is -2.45. The van der Waals surface area contributed by atoms with Crippen molar-refractivity contribution in [1.29, 1.82) is 0 Å². The van der Waals surface area contributed by atoms with Crippen molar-refractivity contribution in [2.45, 2.75) is 18.9 Å². The number of halogens is 2.